The molecule has 2 aliphatic rings. The third-order valence-electron chi connectivity index (χ3n) is 4.65. The van der Waals surface area contributed by atoms with Gasteiger partial charge >= 0.3 is 0 Å². The van der Waals surface area contributed by atoms with Crippen LogP contribution in [0.1, 0.15) is 40.0 Å². The van der Waals surface area contributed by atoms with Gasteiger partial charge in [-0.3, -0.25) is 9.59 Å². The molecule has 1 N–H and O–H groups in total. The van der Waals surface area contributed by atoms with Crippen molar-refractivity contribution in [2.45, 2.75) is 52.2 Å². The van der Waals surface area contributed by atoms with E-state index in [1.807, 2.05) is 13.8 Å². The number of nitrogens with one attached hydrogen (secondary N) is 1. The quantitative estimate of drug-likeness (QED) is 0.823. The molecule has 0 aromatic heterocycles. The molecule has 4 atom stereocenters. The maximum absolute atomic E-state index is 12.5. The molecule has 2 heterocycles. The average molecular weight is 282 g/mol. The van der Waals surface area contributed by atoms with Gasteiger partial charge in [-0.25, -0.2) is 0 Å². The molecule has 5 nitrogen and oxygen atoms in total. The van der Waals surface area contributed by atoms with Crippen LogP contribution in [-0.4, -0.2) is 48.6 Å². The number of rotatable bonds is 5. The summed E-state index contributed by atoms with van der Waals surface area (Å²) in [5.41, 5.74) is 0. The Morgan fingerprint density at radius 2 is 2.15 bits per heavy atom. The summed E-state index contributed by atoms with van der Waals surface area (Å²) < 4.78 is 5.68. The van der Waals surface area contributed by atoms with Gasteiger partial charge in [-0.15, -0.1) is 0 Å². The third kappa shape index (κ3) is 3.14. The summed E-state index contributed by atoms with van der Waals surface area (Å²) >= 11 is 0. The smallest absolute Gasteiger partial charge is 0.245 e. The highest BCUT2D eigenvalue weighted by molar-refractivity contribution is 5.95. The molecule has 2 aliphatic heterocycles. The molecule has 2 fully saturated rings. The number of carbonyl (C=O) groups excluding carboxylic acids is 2. The maximum atomic E-state index is 12.5. The van der Waals surface area contributed by atoms with Crippen LogP contribution >= 0.6 is 0 Å². The van der Waals surface area contributed by atoms with Crippen molar-refractivity contribution in [2.75, 3.05) is 19.7 Å². The number of hydrogen-bond donors (Lipinski definition) is 1. The molecule has 2 amide bonds. The molecular weight excluding hydrogens is 256 g/mol. The Bertz CT molecular complexity index is 372. The van der Waals surface area contributed by atoms with Crippen molar-refractivity contribution in [1.29, 1.82) is 0 Å². The van der Waals surface area contributed by atoms with Crippen molar-refractivity contribution >= 4 is 11.8 Å². The first kappa shape index (κ1) is 15.3. The second kappa shape index (κ2) is 6.57. The molecule has 4 unspecified atom stereocenters. The molecule has 0 bridgehead atoms. The van der Waals surface area contributed by atoms with Gasteiger partial charge in [0.2, 0.25) is 11.8 Å². The lowest BCUT2D eigenvalue weighted by Gasteiger charge is -2.36. The topological polar surface area (TPSA) is 58.6 Å². The van der Waals surface area contributed by atoms with E-state index in [2.05, 4.69) is 12.2 Å². The van der Waals surface area contributed by atoms with Crippen LogP contribution in [0.5, 0.6) is 0 Å². The zero-order chi connectivity index (χ0) is 14.7. The monoisotopic (exact) mass is 282 g/mol. The van der Waals surface area contributed by atoms with Crippen LogP contribution in [0.25, 0.3) is 0 Å². The highest BCUT2D eigenvalue weighted by atomic mass is 16.5. The molecule has 0 aromatic rings. The number of nitrogens with zero attached hydrogens (tertiary/aromatic N) is 1. The molecule has 0 spiro atoms. The molecule has 0 saturated carbocycles. The summed E-state index contributed by atoms with van der Waals surface area (Å²) in [6, 6.07) is -0.358. The van der Waals surface area contributed by atoms with Crippen LogP contribution in [0.2, 0.25) is 0 Å². The van der Waals surface area contributed by atoms with E-state index in [0.717, 1.165) is 25.9 Å². The van der Waals surface area contributed by atoms with Crippen molar-refractivity contribution in [3.05, 3.63) is 0 Å². The predicted octanol–water partition coefficient (Wildman–Crippen LogP) is 1.17. The largest absolute Gasteiger partial charge is 0.378 e. The Hall–Kier alpha value is -1.10. The lowest BCUT2D eigenvalue weighted by molar-refractivity contribution is -0.146. The minimum atomic E-state index is -0.358. The summed E-state index contributed by atoms with van der Waals surface area (Å²) in [7, 11) is 0. The van der Waals surface area contributed by atoms with E-state index in [4.69, 9.17) is 4.74 Å². The molecule has 5 heteroatoms. The van der Waals surface area contributed by atoms with Crippen molar-refractivity contribution < 1.29 is 14.3 Å². The Morgan fingerprint density at radius 3 is 2.80 bits per heavy atom. The molecule has 0 aliphatic carbocycles. The first-order valence-corrected chi connectivity index (χ1v) is 7.76. The van der Waals surface area contributed by atoms with Gasteiger partial charge in [-0.2, -0.15) is 0 Å². The van der Waals surface area contributed by atoms with Gasteiger partial charge in [-0.1, -0.05) is 27.2 Å². The highest BCUT2D eigenvalue weighted by Crippen LogP contribution is 2.25. The molecule has 2 rings (SSSR count). The summed E-state index contributed by atoms with van der Waals surface area (Å²) in [6.07, 6.45) is 3.06. The van der Waals surface area contributed by atoms with Crippen molar-refractivity contribution in [2.24, 2.45) is 11.8 Å². The van der Waals surface area contributed by atoms with Gasteiger partial charge < -0.3 is 15.0 Å². The second-order valence-corrected chi connectivity index (χ2v) is 6.02. The number of carbonyl (C=O) groups is 2. The Morgan fingerprint density at radius 1 is 1.40 bits per heavy atom. The van der Waals surface area contributed by atoms with Crippen molar-refractivity contribution in [3.63, 3.8) is 0 Å². The van der Waals surface area contributed by atoms with E-state index in [0.29, 0.717) is 12.5 Å². The molecule has 0 aromatic carbocycles. The first-order valence-electron chi connectivity index (χ1n) is 7.76. The van der Waals surface area contributed by atoms with Crippen LogP contribution in [0.4, 0.5) is 0 Å². The highest BCUT2D eigenvalue weighted by Gasteiger charge is 2.38. The Kier molecular flexibility index (Phi) is 5.02. The van der Waals surface area contributed by atoms with E-state index in [1.165, 1.54) is 0 Å². The summed E-state index contributed by atoms with van der Waals surface area (Å²) in [5, 5.41) is 2.84. The molecule has 0 radical (unpaired) electrons. The fraction of sp³-hybridized carbons (Fsp3) is 0.867. The van der Waals surface area contributed by atoms with Crippen LogP contribution in [0.15, 0.2) is 0 Å². The summed E-state index contributed by atoms with van der Waals surface area (Å²) in [5.74, 6) is 0.575. The van der Waals surface area contributed by atoms with Crippen molar-refractivity contribution in [1.82, 2.24) is 10.2 Å². The zero-order valence-electron chi connectivity index (χ0n) is 12.7. The lowest BCUT2D eigenvalue weighted by Crippen LogP contribution is -2.61. The average Bonchev–Trinajstić information content (AvgIpc) is 2.88. The van der Waals surface area contributed by atoms with E-state index >= 15 is 0 Å². The van der Waals surface area contributed by atoms with Gasteiger partial charge in [0, 0.05) is 19.1 Å². The summed E-state index contributed by atoms with van der Waals surface area (Å²) in [6.45, 7) is 7.78. The number of amides is 2. The van der Waals surface area contributed by atoms with E-state index in [-0.39, 0.29) is 36.4 Å². The maximum Gasteiger partial charge on any atom is 0.245 e. The van der Waals surface area contributed by atoms with Gasteiger partial charge in [0.1, 0.15) is 6.04 Å². The van der Waals surface area contributed by atoms with Crippen LogP contribution < -0.4 is 5.32 Å². The van der Waals surface area contributed by atoms with Gasteiger partial charge in [-0.05, 0) is 18.8 Å². The van der Waals surface area contributed by atoms with Crippen LogP contribution in [0.3, 0.4) is 0 Å². The molecular formula is C15H26N2O3. The standard InChI is InChI=1S/C15H26N2O3/c1-4-10(3)14-15(19)17(9-13(18)16-14)8-11-6-7-20-12(11)5-2/h10-12,14H,4-9H2,1-3H3,(H,16,18). The van der Waals surface area contributed by atoms with Gasteiger partial charge in [0.05, 0.1) is 12.6 Å². The number of hydrogen-bond acceptors (Lipinski definition) is 3. The van der Waals surface area contributed by atoms with Gasteiger partial charge in [0.15, 0.2) is 0 Å². The Labute approximate surface area is 121 Å². The SMILES string of the molecule is CCC(C)C1NC(=O)CN(CC2CCOC2CC)C1=O. The first-order chi connectivity index (χ1) is 9.56. The number of piperazine rings is 1. The molecule has 114 valence electrons. The summed E-state index contributed by atoms with van der Waals surface area (Å²) in [4.78, 5) is 26.1. The van der Waals surface area contributed by atoms with E-state index in [1.54, 1.807) is 4.90 Å². The second-order valence-electron chi connectivity index (χ2n) is 6.02. The van der Waals surface area contributed by atoms with Crippen molar-refractivity contribution in [3.8, 4) is 0 Å². The van der Waals surface area contributed by atoms with Gasteiger partial charge in [0.25, 0.3) is 0 Å². The molecule has 2 saturated heterocycles. The van der Waals surface area contributed by atoms with E-state index in [9.17, 15) is 9.59 Å². The predicted molar refractivity (Wildman–Crippen MR) is 76.1 cm³/mol. The third-order valence-corrected chi connectivity index (χ3v) is 4.65. The van der Waals surface area contributed by atoms with Crippen LogP contribution in [-0.2, 0) is 14.3 Å². The zero-order valence-corrected chi connectivity index (χ0v) is 12.7. The lowest BCUT2D eigenvalue weighted by atomic mass is 9.94. The normalized spacial score (nSPS) is 32.4. The van der Waals surface area contributed by atoms with Crippen LogP contribution in [0, 0.1) is 11.8 Å². The molecule has 20 heavy (non-hydrogen) atoms. The number of ether oxygens (including phenoxy) is 1. The fourth-order valence-corrected chi connectivity index (χ4v) is 3.14. The minimum absolute atomic E-state index is 0.0399. The van der Waals surface area contributed by atoms with E-state index < -0.39 is 0 Å². The Balaban J connectivity index is 2.02. The minimum Gasteiger partial charge on any atom is -0.378 e. The fourth-order valence-electron chi connectivity index (χ4n) is 3.14.